The van der Waals surface area contributed by atoms with Gasteiger partial charge in [-0.3, -0.25) is 9.97 Å². The molecule has 0 saturated carbocycles. The van der Waals surface area contributed by atoms with E-state index in [2.05, 4.69) is 69.1 Å². The fourth-order valence-corrected chi connectivity index (χ4v) is 2.16. The first kappa shape index (κ1) is 13.4. The summed E-state index contributed by atoms with van der Waals surface area (Å²) in [4.78, 5) is 8.56. The second-order valence-electron chi connectivity index (χ2n) is 4.07. The number of nitrogens with one attached hydrogen (secondary N) is 1. The van der Waals surface area contributed by atoms with Crippen LogP contribution in [0.1, 0.15) is 30.6 Å². The van der Waals surface area contributed by atoms with Crippen molar-refractivity contribution in [3.8, 4) is 0 Å². The summed E-state index contributed by atoms with van der Waals surface area (Å²) in [5, 5.41) is 3.52. The Kier molecular flexibility index (Phi) is 5.07. The van der Waals surface area contributed by atoms with Crippen LogP contribution in [0.4, 0.5) is 0 Å². The van der Waals surface area contributed by atoms with Crippen LogP contribution in [0.5, 0.6) is 0 Å². The lowest BCUT2D eigenvalue weighted by molar-refractivity contribution is 0.584. The third-order valence-electron chi connectivity index (χ3n) is 2.68. The molecule has 1 aromatic carbocycles. The van der Waals surface area contributed by atoms with Gasteiger partial charge in [-0.2, -0.15) is 0 Å². The highest BCUT2D eigenvalue weighted by Gasteiger charge is 2.14. The van der Waals surface area contributed by atoms with E-state index >= 15 is 0 Å². The Bertz CT molecular complexity index is 470. The van der Waals surface area contributed by atoms with Gasteiger partial charge >= 0.3 is 0 Å². The Morgan fingerprint density at radius 3 is 2.61 bits per heavy atom. The molecule has 0 amide bonds. The number of aromatic nitrogens is 2. The number of nitrogens with zero attached hydrogens (tertiary/aromatic N) is 2. The summed E-state index contributed by atoms with van der Waals surface area (Å²) in [6.07, 6.45) is 6.36. The zero-order valence-electron chi connectivity index (χ0n) is 10.3. The van der Waals surface area contributed by atoms with Crippen LogP contribution in [-0.4, -0.2) is 16.5 Å². The average Bonchev–Trinajstić information content (AvgIpc) is 2.42. The molecule has 18 heavy (non-hydrogen) atoms. The molecule has 94 valence electrons. The molecule has 1 N–H and O–H groups in total. The lowest BCUT2D eigenvalue weighted by Crippen LogP contribution is -2.24. The molecule has 0 aliphatic carbocycles. The fourth-order valence-electron chi connectivity index (χ4n) is 1.80. The first-order valence-corrected chi connectivity index (χ1v) is 7.14. The fraction of sp³-hybridized carbons (Fsp3) is 0.286. The minimum absolute atomic E-state index is 0.121. The Labute approximate surface area is 121 Å². The highest BCUT2D eigenvalue weighted by atomic mass is 127. The van der Waals surface area contributed by atoms with Crippen molar-refractivity contribution < 1.29 is 0 Å². The van der Waals surface area contributed by atoms with Crippen molar-refractivity contribution in [1.29, 1.82) is 0 Å². The molecule has 0 saturated heterocycles. The number of halogens is 1. The van der Waals surface area contributed by atoms with Crippen molar-refractivity contribution in [3.63, 3.8) is 0 Å². The van der Waals surface area contributed by atoms with Crippen molar-refractivity contribution >= 4 is 22.6 Å². The summed E-state index contributed by atoms with van der Waals surface area (Å²) in [5.74, 6) is 0. The maximum absolute atomic E-state index is 4.40. The molecule has 1 atom stereocenters. The summed E-state index contributed by atoms with van der Waals surface area (Å²) >= 11 is 2.31. The van der Waals surface area contributed by atoms with Gasteiger partial charge in [-0.05, 0) is 53.3 Å². The molecule has 0 aliphatic rings. The van der Waals surface area contributed by atoms with Gasteiger partial charge in [-0.15, -0.1) is 0 Å². The lowest BCUT2D eigenvalue weighted by atomic mass is 10.0. The highest BCUT2D eigenvalue weighted by Crippen LogP contribution is 2.20. The van der Waals surface area contributed by atoms with Crippen molar-refractivity contribution in [2.75, 3.05) is 6.54 Å². The summed E-state index contributed by atoms with van der Waals surface area (Å²) < 4.78 is 1.24. The first-order valence-electron chi connectivity index (χ1n) is 6.06. The van der Waals surface area contributed by atoms with Crippen molar-refractivity contribution in [2.24, 2.45) is 0 Å². The van der Waals surface area contributed by atoms with Crippen molar-refractivity contribution in [2.45, 2.75) is 19.4 Å². The van der Waals surface area contributed by atoms with Crippen LogP contribution in [0, 0.1) is 3.57 Å². The van der Waals surface area contributed by atoms with Gasteiger partial charge in [0.2, 0.25) is 0 Å². The van der Waals surface area contributed by atoms with E-state index in [9.17, 15) is 0 Å². The second-order valence-corrected chi connectivity index (χ2v) is 5.31. The Hall–Kier alpha value is -1.01. The number of benzene rings is 1. The van der Waals surface area contributed by atoms with Crippen LogP contribution in [0.2, 0.25) is 0 Å². The lowest BCUT2D eigenvalue weighted by Gasteiger charge is -2.18. The topological polar surface area (TPSA) is 37.8 Å². The van der Waals surface area contributed by atoms with E-state index in [1.54, 1.807) is 12.4 Å². The Morgan fingerprint density at radius 1 is 1.22 bits per heavy atom. The first-order chi connectivity index (χ1) is 8.81. The van der Waals surface area contributed by atoms with Gasteiger partial charge in [-0.25, -0.2) is 0 Å². The smallest absolute Gasteiger partial charge is 0.0801 e. The van der Waals surface area contributed by atoms with Gasteiger partial charge in [0.1, 0.15) is 0 Å². The molecule has 0 bridgehead atoms. The van der Waals surface area contributed by atoms with Gasteiger partial charge in [0.15, 0.2) is 0 Å². The quantitative estimate of drug-likeness (QED) is 0.840. The highest BCUT2D eigenvalue weighted by molar-refractivity contribution is 14.1. The predicted octanol–water partition coefficient (Wildman–Crippen LogP) is 3.17. The van der Waals surface area contributed by atoms with Crippen LogP contribution in [-0.2, 0) is 0 Å². The van der Waals surface area contributed by atoms with Crippen LogP contribution in [0.15, 0.2) is 42.9 Å². The molecule has 1 heterocycles. The number of hydrogen-bond donors (Lipinski definition) is 1. The third-order valence-corrected chi connectivity index (χ3v) is 3.40. The standard InChI is InChI=1S/C14H16IN3/c1-2-7-18-14(13-10-16-8-9-17-13)11-3-5-12(15)6-4-11/h3-6,8-10,14,18H,2,7H2,1H3. The molecular weight excluding hydrogens is 337 g/mol. The molecule has 2 aromatic rings. The molecule has 4 heteroatoms. The van der Waals surface area contributed by atoms with Crippen LogP contribution < -0.4 is 5.32 Å². The molecule has 1 unspecified atom stereocenters. The van der Waals surface area contributed by atoms with E-state index in [1.165, 1.54) is 9.13 Å². The molecule has 2 rings (SSSR count). The van der Waals surface area contributed by atoms with Gasteiger partial charge < -0.3 is 5.32 Å². The third kappa shape index (κ3) is 3.49. The maximum atomic E-state index is 4.40. The minimum atomic E-state index is 0.121. The summed E-state index contributed by atoms with van der Waals surface area (Å²) in [6, 6.07) is 8.64. The van der Waals surface area contributed by atoms with E-state index < -0.39 is 0 Å². The van der Waals surface area contributed by atoms with Crippen LogP contribution >= 0.6 is 22.6 Å². The van der Waals surface area contributed by atoms with E-state index in [4.69, 9.17) is 0 Å². The van der Waals surface area contributed by atoms with E-state index in [1.807, 2.05) is 6.20 Å². The summed E-state index contributed by atoms with van der Waals surface area (Å²) in [6.45, 7) is 3.13. The van der Waals surface area contributed by atoms with Gasteiger partial charge in [0.05, 0.1) is 17.9 Å². The van der Waals surface area contributed by atoms with E-state index in [-0.39, 0.29) is 6.04 Å². The molecule has 1 aromatic heterocycles. The van der Waals surface area contributed by atoms with Crippen LogP contribution in [0.3, 0.4) is 0 Å². The molecule has 3 nitrogen and oxygen atoms in total. The number of rotatable bonds is 5. The zero-order chi connectivity index (χ0) is 12.8. The molecular formula is C14H16IN3. The predicted molar refractivity (Wildman–Crippen MR) is 81.3 cm³/mol. The molecule has 0 radical (unpaired) electrons. The second kappa shape index (κ2) is 6.80. The van der Waals surface area contributed by atoms with Crippen molar-refractivity contribution in [3.05, 3.63) is 57.7 Å². The molecule has 0 fully saturated rings. The largest absolute Gasteiger partial charge is 0.305 e. The maximum Gasteiger partial charge on any atom is 0.0801 e. The molecule has 0 aliphatic heterocycles. The normalized spacial score (nSPS) is 12.3. The monoisotopic (exact) mass is 353 g/mol. The van der Waals surface area contributed by atoms with Gasteiger partial charge in [-0.1, -0.05) is 19.1 Å². The molecule has 0 spiro atoms. The SMILES string of the molecule is CCCNC(c1ccc(I)cc1)c1cnccn1. The zero-order valence-corrected chi connectivity index (χ0v) is 12.5. The van der Waals surface area contributed by atoms with E-state index in [0.29, 0.717) is 0 Å². The Balaban J connectivity index is 2.27. The van der Waals surface area contributed by atoms with E-state index in [0.717, 1.165) is 18.7 Å². The van der Waals surface area contributed by atoms with Gasteiger partial charge in [0, 0.05) is 16.0 Å². The Morgan fingerprint density at radius 2 is 2.00 bits per heavy atom. The minimum Gasteiger partial charge on any atom is -0.305 e. The van der Waals surface area contributed by atoms with Crippen molar-refractivity contribution in [1.82, 2.24) is 15.3 Å². The summed E-state index contributed by atoms with van der Waals surface area (Å²) in [5.41, 5.74) is 2.19. The summed E-state index contributed by atoms with van der Waals surface area (Å²) in [7, 11) is 0. The van der Waals surface area contributed by atoms with Crippen LogP contribution in [0.25, 0.3) is 0 Å². The average molecular weight is 353 g/mol. The van der Waals surface area contributed by atoms with Gasteiger partial charge in [0.25, 0.3) is 0 Å². The number of hydrogen-bond acceptors (Lipinski definition) is 3.